The fraction of sp³-hybridized carbons (Fsp3) is 0.522. The molecule has 1 saturated heterocycles. The Kier molecular flexibility index (Phi) is 6.42. The molecule has 0 spiro atoms. The summed E-state index contributed by atoms with van der Waals surface area (Å²) < 4.78 is 7.40. The number of amides is 2. The Labute approximate surface area is 182 Å². The van der Waals surface area contributed by atoms with Crippen LogP contribution in [0.4, 0.5) is 0 Å². The molecule has 0 unspecified atom stereocenters. The van der Waals surface area contributed by atoms with Gasteiger partial charge in [-0.25, -0.2) is 0 Å². The Morgan fingerprint density at radius 2 is 1.84 bits per heavy atom. The molecule has 0 atom stereocenters. The van der Waals surface area contributed by atoms with Crippen LogP contribution >= 0.6 is 0 Å². The molecular formula is C23H29N5O3. The third kappa shape index (κ3) is 4.52. The number of hydrogen-bond donors (Lipinski definition) is 1. The van der Waals surface area contributed by atoms with Gasteiger partial charge in [-0.15, -0.1) is 0 Å². The van der Waals surface area contributed by atoms with E-state index in [0.717, 1.165) is 39.0 Å². The molecule has 2 aliphatic rings. The third-order valence-corrected chi connectivity index (χ3v) is 6.35. The maximum absolute atomic E-state index is 12.8. The summed E-state index contributed by atoms with van der Waals surface area (Å²) >= 11 is 0. The van der Waals surface area contributed by atoms with E-state index in [0.29, 0.717) is 30.6 Å². The van der Waals surface area contributed by atoms with Crippen molar-refractivity contribution in [3.8, 4) is 12.0 Å². The lowest BCUT2D eigenvalue weighted by molar-refractivity contribution is -0.137. The van der Waals surface area contributed by atoms with Crippen molar-refractivity contribution < 1.29 is 14.0 Å². The van der Waals surface area contributed by atoms with E-state index in [1.165, 1.54) is 12.8 Å². The molecule has 1 aliphatic carbocycles. The van der Waals surface area contributed by atoms with Crippen LogP contribution in [0.15, 0.2) is 28.9 Å². The zero-order valence-electron chi connectivity index (χ0n) is 18.0. The molecular weight excluding hydrogens is 394 g/mol. The minimum Gasteiger partial charge on any atom is -0.443 e. The summed E-state index contributed by atoms with van der Waals surface area (Å²) in [5.41, 5.74) is 0.531. The topological polar surface area (TPSA) is 94.5 Å². The summed E-state index contributed by atoms with van der Waals surface area (Å²) in [7, 11) is 0. The lowest BCUT2D eigenvalue weighted by Crippen LogP contribution is -2.51. The van der Waals surface area contributed by atoms with Gasteiger partial charge in [0.1, 0.15) is 23.0 Å². The van der Waals surface area contributed by atoms with Crippen LogP contribution in [0.1, 0.15) is 47.4 Å². The predicted octanol–water partition coefficient (Wildman–Crippen LogP) is 2.31. The smallest absolute Gasteiger partial charge is 0.256 e. The van der Waals surface area contributed by atoms with Crippen LogP contribution in [0.3, 0.4) is 0 Å². The molecule has 1 aliphatic heterocycles. The van der Waals surface area contributed by atoms with Gasteiger partial charge >= 0.3 is 0 Å². The van der Waals surface area contributed by atoms with Crippen molar-refractivity contribution >= 4 is 11.8 Å². The lowest BCUT2D eigenvalue weighted by Gasteiger charge is -2.36. The Morgan fingerprint density at radius 3 is 2.48 bits per heavy atom. The molecule has 2 amide bonds. The standard InChI is InChI=1S/C23H29N5O3/c1-17-20(19(16-24)23(31-17)28-9-4-5-10-28)21(29)25-8-11-26-12-14-27(15-13-26)22(30)18-6-2-3-7-18/h4-5,9-10,18H,2-3,6-8,11-15H2,1H3,(H,25,29). The van der Waals surface area contributed by atoms with Gasteiger partial charge in [0.05, 0.1) is 0 Å². The van der Waals surface area contributed by atoms with Crippen molar-refractivity contribution in [3.05, 3.63) is 41.4 Å². The largest absolute Gasteiger partial charge is 0.443 e. The van der Waals surface area contributed by atoms with Crippen LogP contribution in [0.2, 0.25) is 0 Å². The van der Waals surface area contributed by atoms with Gasteiger partial charge in [0.25, 0.3) is 5.91 Å². The van der Waals surface area contributed by atoms with Crippen LogP contribution < -0.4 is 5.32 Å². The van der Waals surface area contributed by atoms with Gasteiger partial charge in [0.2, 0.25) is 11.8 Å². The molecule has 4 rings (SSSR count). The third-order valence-electron chi connectivity index (χ3n) is 6.35. The maximum atomic E-state index is 12.8. The molecule has 2 fully saturated rings. The van der Waals surface area contributed by atoms with E-state index in [1.54, 1.807) is 23.9 Å². The van der Waals surface area contributed by atoms with E-state index in [9.17, 15) is 14.9 Å². The molecule has 0 aromatic carbocycles. The van der Waals surface area contributed by atoms with Crippen molar-refractivity contribution in [3.63, 3.8) is 0 Å². The van der Waals surface area contributed by atoms with Crippen LogP contribution in [-0.2, 0) is 4.79 Å². The lowest BCUT2D eigenvalue weighted by atomic mass is 10.1. The van der Waals surface area contributed by atoms with Gasteiger partial charge < -0.3 is 14.6 Å². The molecule has 31 heavy (non-hydrogen) atoms. The van der Waals surface area contributed by atoms with Crippen LogP contribution in [0.25, 0.3) is 5.88 Å². The monoisotopic (exact) mass is 423 g/mol. The van der Waals surface area contributed by atoms with E-state index in [-0.39, 0.29) is 23.0 Å². The number of carbonyl (C=O) groups excluding carboxylic acids is 2. The highest BCUT2D eigenvalue weighted by Gasteiger charge is 2.29. The van der Waals surface area contributed by atoms with Gasteiger partial charge in [-0.3, -0.25) is 19.1 Å². The summed E-state index contributed by atoms with van der Waals surface area (Å²) in [6, 6.07) is 5.78. The zero-order chi connectivity index (χ0) is 21.8. The minimum absolute atomic E-state index is 0.231. The number of aromatic nitrogens is 1. The molecule has 8 heteroatoms. The minimum atomic E-state index is -0.300. The summed E-state index contributed by atoms with van der Waals surface area (Å²) in [5, 5.41) is 12.5. The normalized spacial score (nSPS) is 17.6. The fourth-order valence-corrected chi connectivity index (χ4v) is 4.60. The van der Waals surface area contributed by atoms with Gasteiger partial charge in [0.15, 0.2) is 0 Å². The Balaban J connectivity index is 1.28. The van der Waals surface area contributed by atoms with E-state index >= 15 is 0 Å². The quantitative estimate of drug-likeness (QED) is 0.769. The Morgan fingerprint density at radius 1 is 1.16 bits per heavy atom. The van der Waals surface area contributed by atoms with Gasteiger partial charge in [0, 0.05) is 57.6 Å². The van der Waals surface area contributed by atoms with Crippen molar-refractivity contribution in [1.82, 2.24) is 19.7 Å². The van der Waals surface area contributed by atoms with Crippen molar-refractivity contribution in [2.24, 2.45) is 5.92 Å². The molecule has 164 valence electrons. The van der Waals surface area contributed by atoms with E-state index < -0.39 is 0 Å². The summed E-state index contributed by atoms with van der Waals surface area (Å²) in [6.45, 7) is 6.03. The first-order chi connectivity index (χ1) is 15.1. The summed E-state index contributed by atoms with van der Waals surface area (Å²) in [6.07, 6.45) is 7.97. The highest BCUT2D eigenvalue weighted by molar-refractivity contribution is 5.98. The van der Waals surface area contributed by atoms with Crippen molar-refractivity contribution in [1.29, 1.82) is 5.26 Å². The second kappa shape index (κ2) is 9.40. The van der Waals surface area contributed by atoms with E-state index in [4.69, 9.17) is 4.42 Å². The zero-order valence-corrected chi connectivity index (χ0v) is 18.0. The first-order valence-corrected chi connectivity index (χ1v) is 11.0. The molecule has 1 saturated carbocycles. The summed E-state index contributed by atoms with van der Waals surface area (Å²) in [5.74, 6) is 1.04. The highest BCUT2D eigenvalue weighted by Crippen LogP contribution is 2.27. The molecule has 1 N–H and O–H groups in total. The van der Waals surface area contributed by atoms with Crippen molar-refractivity contribution in [2.45, 2.75) is 32.6 Å². The SMILES string of the molecule is Cc1oc(-n2cccc2)c(C#N)c1C(=O)NCCN1CCN(C(=O)C2CCCC2)CC1. The molecule has 8 nitrogen and oxygen atoms in total. The average Bonchev–Trinajstić information content (AvgIpc) is 3.54. The number of nitriles is 1. The summed E-state index contributed by atoms with van der Waals surface area (Å²) in [4.78, 5) is 29.6. The molecule has 3 heterocycles. The second-order valence-electron chi connectivity index (χ2n) is 8.32. The van der Waals surface area contributed by atoms with Crippen molar-refractivity contribution in [2.75, 3.05) is 39.3 Å². The average molecular weight is 424 g/mol. The van der Waals surface area contributed by atoms with Crippen LogP contribution in [-0.4, -0.2) is 65.4 Å². The van der Waals surface area contributed by atoms with Gasteiger partial charge in [-0.2, -0.15) is 5.26 Å². The number of piperazine rings is 1. The second-order valence-corrected chi connectivity index (χ2v) is 8.32. The van der Waals surface area contributed by atoms with Crippen LogP contribution in [0.5, 0.6) is 0 Å². The Bertz CT molecular complexity index is 958. The molecule has 2 aromatic rings. The first kappa shape index (κ1) is 21.2. The Hall–Kier alpha value is -3.05. The number of carbonyl (C=O) groups is 2. The number of rotatable bonds is 6. The van der Waals surface area contributed by atoms with E-state index in [1.807, 2.05) is 17.0 Å². The predicted molar refractivity (Wildman–Crippen MR) is 115 cm³/mol. The number of hydrogen-bond acceptors (Lipinski definition) is 5. The number of nitrogens with one attached hydrogen (secondary N) is 1. The number of furan rings is 1. The fourth-order valence-electron chi connectivity index (χ4n) is 4.60. The van der Waals surface area contributed by atoms with Gasteiger partial charge in [-0.1, -0.05) is 12.8 Å². The number of aryl methyl sites for hydroxylation is 1. The highest BCUT2D eigenvalue weighted by atomic mass is 16.4. The number of nitrogens with zero attached hydrogens (tertiary/aromatic N) is 4. The molecule has 0 radical (unpaired) electrons. The van der Waals surface area contributed by atoms with Crippen LogP contribution in [0, 0.1) is 24.2 Å². The molecule has 0 bridgehead atoms. The van der Waals surface area contributed by atoms with Gasteiger partial charge in [-0.05, 0) is 31.9 Å². The first-order valence-electron chi connectivity index (χ1n) is 11.0. The molecule has 2 aromatic heterocycles. The van der Waals surface area contributed by atoms with E-state index in [2.05, 4.69) is 16.3 Å². The maximum Gasteiger partial charge on any atom is 0.256 e.